The number of methoxy groups -OCH3 is 1. The minimum atomic E-state index is -0.0520. The van der Waals surface area contributed by atoms with Crippen LogP contribution in [0.3, 0.4) is 0 Å². The van der Waals surface area contributed by atoms with Crippen LogP contribution in [0.4, 0.5) is 0 Å². The summed E-state index contributed by atoms with van der Waals surface area (Å²) in [5.41, 5.74) is 7.17. The number of hydrogen-bond acceptors (Lipinski definition) is 4. The van der Waals surface area contributed by atoms with Gasteiger partial charge in [-0.1, -0.05) is 30.3 Å². The lowest BCUT2D eigenvalue weighted by Gasteiger charge is -2.32. The molecule has 22 heavy (non-hydrogen) atoms. The van der Waals surface area contributed by atoms with Gasteiger partial charge in [-0.3, -0.25) is 4.79 Å². The highest BCUT2D eigenvalue weighted by Crippen LogP contribution is 2.25. The Morgan fingerprint density at radius 2 is 2.09 bits per heavy atom. The molecule has 3 N–H and O–H groups in total. The van der Waals surface area contributed by atoms with Crippen molar-refractivity contribution in [3.63, 3.8) is 0 Å². The van der Waals surface area contributed by atoms with Crippen LogP contribution in [0.15, 0.2) is 30.3 Å². The zero-order valence-electron chi connectivity index (χ0n) is 13.2. The Bertz CT molecular complexity index is 452. The maximum Gasteiger partial charge on any atom is 0.223 e. The van der Waals surface area contributed by atoms with Crippen LogP contribution in [0.5, 0.6) is 0 Å². The van der Waals surface area contributed by atoms with Gasteiger partial charge >= 0.3 is 0 Å². The zero-order valence-corrected chi connectivity index (χ0v) is 13.2. The van der Waals surface area contributed by atoms with E-state index in [0.29, 0.717) is 26.2 Å². The largest absolute Gasteiger partial charge is 0.380 e. The van der Waals surface area contributed by atoms with Crippen LogP contribution in [0.2, 0.25) is 0 Å². The summed E-state index contributed by atoms with van der Waals surface area (Å²) in [4.78, 5) is 12.1. The molecule has 0 bridgehead atoms. The highest BCUT2D eigenvalue weighted by Gasteiger charge is 2.31. The number of ether oxygens (including phenoxy) is 2. The third-order valence-corrected chi connectivity index (χ3v) is 4.16. The highest BCUT2D eigenvalue weighted by molar-refractivity contribution is 5.78. The van der Waals surface area contributed by atoms with Crippen LogP contribution >= 0.6 is 0 Å². The molecule has 0 saturated heterocycles. The predicted octanol–water partition coefficient (Wildman–Crippen LogP) is 1.46. The first kappa shape index (κ1) is 16.9. The fourth-order valence-electron chi connectivity index (χ4n) is 2.86. The Hall–Kier alpha value is -1.43. The van der Waals surface area contributed by atoms with Crippen molar-refractivity contribution in [1.82, 2.24) is 5.32 Å². The van der Waals surface area contributed by atoms with Crippen LogP contribution in [-0.2, 0) is 20.9 Å². The van der Waals surface area contributed by atoms with E-state index in [9.17, 15) is 4.79 Å². The van der Waals surface area contributed by atoms with Crippen LogP contribution in [0, 0.1) is 5.92 Å². The van der Waals surface area contributed by atoms with E-state index in [1.165, 1.54) is 0 Å². The first-order chi connectivity index (χ1) is 10.7. The summed E-state index contributed by atoms with van der Waals surface area (Å²) in [5, 5.41) is 2.93. The Balaban J connectivity index is 1.60. The molecule has 1 aromatic rings. The number of nitrogens with two attached hydrogens (primary N) is 1. The van der Waals surface area contributed by atoms with E-state index in [-0.39, 0.29) is 24.0 Å². The van der Waals surface area contributed by atoms with E-state index >= 15 is 0 Å². The zero-order chi connectivity index (χ0) is 15.8. The average molecular weight is 306 g/mol. The second kappa shape index (κ2) is 8.88. The van der Waals surface area contributed by atoms with Crippen molar-refractivity contribution in [2.75, 3.05) is 20.3 Å². The Labute approximate surface area is 132 Å². The molecule has 3 atom stereocenters. The molecule has 0 unspecified atom stereocenters. The molecule has 2 rings (SSSR count). The molecule has 1 aliphatic carbocycles. The van der Waals surface area contributed by atoms with Gasteiger partial charge in [0.25, 0.3) is 0 Å². The standard InChI is InChI=1S/C17H26N2O3/c1-21-16-8-7-14(11-15(16)18)17(20)19-9-10-22-12-13-5-3-2-4-6-13/h2-6,14-16H,7-12,18H2,1H3,(H,19,20)/t14-,15+,16+/m0/s1. The van der Waals surface area contributed by atoms with Gasteiger partial charge in [-0.25, -0.2) is 0 Å². The van der Waals surface area contributed by atoms with E-state index in [0.717, 1.165) is 18.4 Å². The maximum atomic E-state index is 12.1. The number of rotatable bonds is 7. The summed E-state index contributed by atoms with van der Waals surface area (Å²) in [6, 6.07) is 9.94. The van der Waals surface area contributed by atoms with E-state index in [2.05, 4.69) is 5.32 Å². The summed E-state index contributed by atoms with van der Waals surface area (Å²) in [7, 11) is 1.68. The molecule has 0 radical (unpaired) electrons. The number of nitrogens with one attached hydrogen (secondary N) is 1. The molecule has 0 aromatic heterocycles. The van der Waals surface area contributed by atoms with Crippen LogP contribution in [0.1, 0.15) is 24.8 Å². The van der Waals surface area contributed by atoms with Gasteiger partial charge in [0.15, 0.2) is 0 Å². The summed E-state index contributed by atoms with van der Waals surface area (Å²) in [6.07, 6.45) is 2.46. The third kappa shape index (κ3) is 5.09. The Morgan fingerprint density at radius 1 is 1.32 bits per heavy atom. The van der Waals surface area contributed by atoms with Gasteiger partial charge in [0, 0.05) is 25.6 Å². The molecular formula is C17H26N2O3. The van der Waals surface area contributed by atoms with Gasteiger partial charge in [-0.05, 0) is 24.8 Å². The van der Waals surface area contributed by atoms with Gasteiger partial charge in [0.05, 0.1) is 19.3 Å². The molecule has 1 aliphatic rings. The van der Waals surface area contributed by atoms with Crippen molar-refractivity contribution < 1.29 is 14.3 Å². The summed E-state index contributed by atoms with van der Waals surface area (Å²) < 4.78 is 10.9. The van der Waals surface area contributed by atoms with Crippen molar-refractivity contribution >= 4 is 5.91 Å². The van der Waals surface area contributed by atoms with E-state index < -0.39 is 0 Å². The fourth-order valence-corrected chi connectivity index (χ4v) is 2.86. The Kier molecular flexibility index (Phi) is 6.83. The third-order valence-electron chi connectivity index (χ3n) is 4.16. The van der Waals surface area contributed by atoms with Crippen molar-refractivity contribution in [3.05, 3.63) is 35.9 Å². The topological polar surface area (TPSA) is 73.6 Å². The van der Waals surface area contributed by atoms with Crippen LogP contribution in [0.25, 0.3) is 0 Å². The molecule has 1 aromatic carbocycles. The molecule has 1 amide bonds. The van der Waals surface area contributed by atoms with Gasteiger partial charge in [0.2, 0.25) is 5.91 Å². The second-order valence-electron chi connectivity index (χ2n) is 5.78. The lowest BCUT2D eigenvalue weighted by Crippen LogP contribution is -2.46. The number of amides is 1. The quantitative estimate of drug-likeness (QED) is 0.748. The van der Waals surface area contributed by atoms with E-state index in [1.54, 1.807) is 7.11 Å². The first-order valence-corrected chi connectivity index (χ1v) is 7.88. The van der Waals surface area contributed by atoms with Crippen molar-refractivity contribution in [2.24, 2.45) is 11.7 Å². The molecule has 0 aliphatic heterocycles. The molecule has 0 heterocycles. The normalized spacial score (nSPS) is 24.9. The minimum Gasteiger partial charge on any atom is -0.380 e. The highest BCUT2D eigenvalue weighted by atomic mass is 16.5. The van der Waals surface area contributed by atoms with Crippen molar-refractivity contribution in [3.8, 4) is 0 Å². The number of benzene rings is 1. The predicted molar refractivity (Wildman–Crippen MR) is 85.2 cm³/mol. The summed E-state index contributed by atoms with van der Waals surface area (Å²) >= 11 is 0. The van der Waals surface area contributed by atoms with Crippen LogP contribution in [-0.4, -0.2) is 38.3 Å². The SMILES string of the molecule is CO[C@@H]1CC[C@H](C(=O)NCCOCc2ccccc2)C[C@H]1N. The number of carbonyl (C=O) groups excluding carboxylic acids is 1. The Morgan fingerprint density at radius 3 is 2.77 bits per heavy atom. The molecule has 0 spiro atoms. The molecule has 1 saturated carbocycles. The molecule has 122 valence electrons. The van der Waals surface area contributed by atoms with E-state index in [4.69, 9.17) is 15.2 Å². The number of carbonyl (C=O) groups is 1. The lowest BCUT2D eigenvalue weighted by atomic mass is 9.83. The van der Waals surface area contributed by atoms with Gasteiger partial charge in [-0.15, -0.1) is 0 Å². The maximum absolute atomic E-state index is 12.1. The summed E-state index contributed by atoms with van der Waals surface area (Å²) in [5.74, 6) is 0.0730. The van der Waals surface area contributed by atoms with E-state index in [1.807, 2.05) is 30.3 Å². The molecular weight excluding hydrogens is 280 g/mol. The van der Waals surface area contributed by atoms with Crippen LogP contribution < -0.4 is 11.1 Å². The average Bonchev–Trinajstić information content (AvgIpc) is 2.55. The lowest BCUT2D eigenvalue weighted by molar-refractivity contribution is -0.127. The molecule has 5 heteroatoms. The summed E-state index contributed by atoms with van der Waals surface area (Å²) in [6.45, 7) is 1.62. The first-order valence-electron chi connectivity index (χ1n) is 7.88. The second-order valence-corrected chi connectivity index (χ2v) is 5.78. The van der Waals surface area contributed by atoms with Gasteiger partial charge in [0.1, 0.15) is 0 Å². The minimum absolute atomic E-state index is 0.00415. The fraction of sp³-hybridized carbons (Fsp3) is 0.588. The number of hydrogen-bond donors (Lipinski definition) is 2. The van der Waals surface area contributed by atoms with Crippen molar-refractivity contribution in [1.29, 1.82) is 0 Å². The van der Waals surface area contributed by atoms with Gasteiger partial charge < -0.3 is 20.5 Å². The molecule has 1 fully saturated rings. The monoisotopic (exact) mass is 306 g/mol. The van der Waals surface area contributed by atoms with Crippen molar-refractivity contribution in [2.45, 2.75) is 38.0 Å². The smallest absolute Gasteiger partial charge is 0.223 e. The molecule has 5 nitrogen and oxygen atoms in total. The van der Waals surface area contributed by atoms with Gasteiger partial charge in [-0.2, -0.15) is 0 Å².